The molecule has 1 aliphatic carbocycles. The first-order chi connectivity index (χ1) is 13.6. The highest BCUT2D eigenvalue weighted by Gasteiger charge is 2.29. The van der Waals surface area contributed by atoms with E-state index in [-0.39, 0.29) is 36.8 Å². The average molecular weight is 382 g/mol. The Morgan fingerprint density at radius 3 is 2.39 bits per heavy atom. The van der Waals surface area contributed by atoms with Crippen LogP contribution in [0.3, 0.4) is 0 Å². The maximum Gasteiger partial charge on any atom is 0.227 e. The first-order valence-corrected chi connectivity index (χ1v) is 9.53. The Kier molecular flexibility index (Phi) is 6.53. The van der Waals surface area contributed by atoms with Crippen molar-refractivity contribution in [3.8, 4) is 11.5 Å². The molecule has 1 atom stereocenters. The van der Waals surface area contributed by atoms with Gasteiger partial charge in [0.2, 0.25) is 11.8 Å². The van der Waals surface area contributed by atoms with Gasteiger partial charge in [0.1, 0.15) is 0 Å². The molecule has 2 N–H and O–H groups in total. The van der Waals surface area contributed by atoms with Crippen LogP contribution >= 0.6 is 0 Å². The summed E-state index contributed by atoms with van der Waals surface area (Å²) in [5.41, 5.74) is 1.76. The topological polar surface area (TPSA) is 76.7 Å². The number of hydrogen-bond donors (Lipinski definition) is 2. The number of ether oxygens (including phenoxy) is 2. The molecule has 0 aliphatic heterocycles. The van der Waals surface area contributed by atoms with Crippen LogP contribution in [0.4, 0.5) is 5.69 Å². The normalized spacial score (nSPS) is 14.1. The van der Waals surface area contributed by atoms with Crippen LogP contribution < -0.4 is 20.1 Å². The number of para-hydroxylation sites is 2. The van der Waals surface area contributed by atoms with Crippen molar-refractivity contribution in [1.82, 2.24) is 5.32 Å². The number of anilines is 1. The molecule has 28 heavy (non-hydrogen) atoms. The molecule has 6 nitrogen and oxygen atoms in total. The minimum absolute atomic E-state index is 0.0872. The fourth-order valence-electron chi connectivity index (χ4n) is 2.83. The number of benzene rings is 2. The molecule has 3 rings (SSSR count). The van der Waals surface area contributed by atoms with E-state index in [1.807, 2.05) is 55.5 Å². The minimum Gasteiger partial charge on any atom is -0.493 e. The molecule has 148 valence electrons. The summed E-state index contributed by atoms with van der Waals surface area (Å²) >= 11 is 0. The summed E-state index contributed by atoms with van der Waals surface area (Å²) in [6, 6.07) is 14.8. The molecule has 0 aromatic heterocycles. The lowest BCUT2D eigenvalue weighted by Gasteiger charge is -2.16. The first kappa shape index (κ1) is 19.7. The van der Waals surface area contributed by atoms with Gasteiger partial charge in [0.05, 0.1) is 26.2 Å². The second-order valence-electron chi connectivity index (χ2n) is 6.92. The number of hydrogen-bond acceptors (Lipinski definition) is 4. The van der Waals surface area contributed by atoms with Crippen molar-refractivity contribution in [2.24, 2.45) is 5.92 Å². The molecule has 6 heteroatoms. The van der Waals surface area contributed by atoms with Gasteiger partial charge in [-0.15, -0.1) is 0 Å². The predicted octanol–water partition coefficient (Wildman–Crippen LogP) is 3.69. The van der Waals surface area contributed by atoms with Crippen LogP contribution in [-0.2, 0) is 9.59 Å². The molecule has 1 fully saturated rings. The van der Waals surface area contributed by atoms with Crippen LogP contribution in [0.25, 0.3) is 0 Å². The number of carbonyl (C=O) groups excluding carboxylic acids is 2. The van der Waals surface area contributed by atoms with E-state index >= 15 is 0 Å². The predicted molar refractivity (Wildman–Crippen MR) is 107 cm³/mol. The van der Waals surface area contributed by atoms with Crippen LogP contribution in [0.2, 0.25) is 0 Å². The third-order valence-electron chi connectivity index (χ3n) is 4.66. The molecule has 0 spiro atoms. The van der Waals surface area contributed by atoms with E-state index in [0.29, 0.717) is 11.5 Å². The van der Waals surface area contributed by atoms with E-state index in [2.05, 4.69) is 10.6 Å². The van der Waals surface area contributed by atoms with E-state index in [0.717, 1.165) is 24.1 Å². The van der Waals surface area contributed by atoms with Crippen LogP contribution in [-0.4, -0.2) is 25.5 Å². The Morgan fingerprint density at radius 1 is 1.07 bits per heavy atom. The number of carbonyl (C=O) groups is 2. The molecule has 2 aromatic rings. The highest BCUT2D eigenvalue weighted by atomic mass is 16.5. The summed E-state index contributed by atoms with van der Waals surface area (Å²) in [4.78, 5) is 24.0. The quantitative estimate of drug-likeness (QED) is 0.693. The lowest BCUT2D eigenvalue weighted by atomic mass is 10.1. The number of methoxy groups -OCH3 is 1. The van der Waals surface area contributed by atoms with Gasteiger partial charge in [-0.2, -0.15) is 0 Å². The van der Waals surface area contributed by atoms with Gasteiger partial charge >= 0.3 is 0 Å². The van der Waals surface area contributed by atoms with Gasteiger partial charge in [-0.3, -0.25) is 9.59 Å². The summed E-state index contributed by atoms with van der Waals surface area (Å²) in [6.45, 7) is 2.20. The Labute approximate surface area is 165 Å². The number of amides is 2. The van der Waals surface area contributed by atoms with Gasteiger partial charge in [-0.1, -0.05) is 24.3 Å². The van der Waals surface area contributed by atoms with Gasteiger partial charge in [-0.25, -0.2) is 0 Å². The third kappa shape index (κ3) is 5.49. The molecule has 0 radical (unpaired) electrons. The molecule has 1 unspecified atom stereocenters. The largest absolute Gasteiger partial charge is 0.493 e. The summed E-state index contributed by atoms with van der Waals surface area (Å²) < 4.78 is 10.9. The van der Waals surface area contributed by atoms with Gasteiger partial charge in [0.15, 0.2) is 11.5 Å². The fourth-order valence-corrected chi connectivity index (χ4v) is 2.83. The SMILES string of the molecule is COc1ccccc1OCCC(=O)NC(C)c1ccc(NC(=O)C2CC2)cc1. The number of nitrogens with one attached hydrogen (secondary N) is 2. The Morgan fingerprint density at radius 2 is 1.75 bits per heavy atom. The van der Waals surface area contributed by atoms with Gasteiger partial charge in [0.25, 0.3) is 0 Å². The van der Waals surface area contributed by atoms with E-state index in [1.165, 1.54) is 0 Å². The maximum absolute atomic E-state index is 12.2. The Hall–Kier alpha value is -3.02. The summed E-state index contributed by atoms with van der Waals surface area (Å²) in [6.07, 6.45) is 2.21. The maximum atomic E-state index is 12.2. The molecule has 1 saturated carbocycles. The molecule has 0 bridgehead atoms. The van der Waals surface area contributed by atoms with Crippen LogP contribution in [0, 0.1) is 5.92 Å². The fraction of sp³-hybridized carbons (Fsp3) is 0.364. The zero-order valence-corrected chi connectivity index (χ0v) is 16.2. The lowest BCUT2D eigenvalue weighted by molar-refractivity contribution is -0.122. The Bertz CT molecular complexity index is 816. The van der Waals surface area contributed by atoms with Crippen LogP contribution in [0.1, 0.15) is 37.8 Å². The van der Waals surface area contributed by atoms with Crippen molar-refractivity contribution in [2.75, 3.05) is 19.0 Å². The van der Waals surface area contributed by atoms with Crippen molar-refractivity contribution < 1.29 is 19.1 Å². The molecular formula is C22H26N2O4. The molecule has 1 aliphatic rings. The summed E-state index contributed by atoms with van der Waals surface area (Å²) in [7, 11) is 1.58. The third-order valence-corrected chi connectivity index (χ3v) is 4.66. The van der Waals surface area contributed by atoms with E-state index < -0.39 is 0 Å². The van der Waals surface area contributed by atoms with Crippen molar-refractivity contribution in [1.29, 1.82) is 0 Å². The summed E-state index contributed by atoms with van der Waals surface area (Å²) in [5.74, 6) is 1.44. The van der Waals surface area contributed by atoms with Gasteiger partial charge in [-0.05, 0) is 49.6 Å². The van der Waals surface area contributed by atoms with Gasteiger partial charge < -0.3 is 20.1 Å². The molecule has 2 aromatic carbocycles. The van der Waals surface area contributed by atoms with Crippen LogP contribution in [0.5, 0.6) is 11.5 Å². The Balaban J connectivity index is 1.43. The standard InChI is InChI=1S/C22H26N2O4/c1-15(16-9-11-18(12-10-16)24-22(26)17-7-8-17)23-21(25)13-14-28-20-6-4-3-5-19(20)27-2/h3-6,9-12,15,17H,7-8,13-14H2,1-2H3,(H,23,25)(H,24,26). The first-order valence-electron chi connectivity index (χ1n) is 9.53. The molecular weight excluding hydrogens is 356 g/mol. The number of rotatable bonds is 9. The second-order valence-corrected chi connectivity index (χ2v) is 6.92. The van der Waals surface area contributed by atoms with Crippen molar-refractivity contribution >= 4 is 17.5 Å². The highest BCUT2D eigenvalue weighted by Crippen LogP contribution is 2.30. The zero-order chi connectivity index (χ0) is 19.9. The molecule has 2 amide bonds. The van der Waals surface area contributed by atoms with Crippen molar-refractivity contribution in [3.05, 3.63) is 54.1 Å². The second kappa shape index (κ2) is 9.26. The van der Waals surface area contributed by atoms with Crippen molar-refractivity contribution in [2.45, 2.75) is 32.2 Å². The van der Waals surface area contributed by atoms with Crippen LogP contribution in [0.15, 0.2) is 48.5 Å². The minimum atomic E-state index is -0.132. The monoisotopic (exact) mass is 382 g/mol. The molecule has 0 heterocycles. The zero-order valence-electron chi connectivity index (χ0n) is 16.2. The lowest BCUT2D eigenvalue weighted by Crippen LogP contribution is -2.27. The van der Waals surface area contributed by atoms with Crippen molar-refractivity contribution in [3.63, 3.8) is 0 Å². The van der Waals surface area contributed by atoms with E-state index in [1.54, 1.807) is 7.11 Å². The van der Waals surface area contributed by atoms with E-state index in [9.17, 15) is 9.59 Å². The van der Waals surface area contributed by atoms with Gasteiger partial charge in [0, 0.05) is 11.6 Å². The highest BCUT2D eigenvalue weighted by molar-refractivity contribution is 5.94. The smallest absolute Gasteiger partial charge is 0.227 e. The average Bonchev–Trinajstić information content (AvgIpc) is 3.54. The van der Waals surface area contributed by atoms with E-state index in [4.69, 9.17) is 9.47 Å². The molecule has 0 saturated heterocycles. The summed E-state index contributed by atoms with van der Waals surface area (Å²) in [5, 5.41) is 5.87.